The SMILES string of the molecule is CN(C(=O)CN1Cc2ccccc2CC1C(N)=O)c1ccccc1C(=O)NCc1ccco1. The zero-order valence-corrected chi connectivity index (χ0v) is 18.4. The number of carbonyl (C=O) groups is 3. The zero-order chi connectivity index (χ0) is 23.4. The molecule has 1 atom stereocenters. The van der Waals surface area contributed by atoms with Crippen LogP contribution in [-0.2, 0) is 29.1 Å². The molecular formula is C25H26N4O4. The molecule has 1 aliphatic heterocycles. The van der Waals surface area contributed by atoms with Gasteiger partial charge < -0.3 is 20.4 Å². The Morgan fingerprint density at radius 1 is 1.06 bits per heavy atom. The van der Waals surface area contributed by atoms with E-state index in [0.717, 1.165) is 11.1 Å². The maximum Gasteiger partial charge on any atom is 0.253 e. The fourth-order valence-corrected chi connectivity index (χ4v) is 4.07. The van der Waals surface area contributed by atoms with Crippen LogP contribution in [0.1, 0.15) is 27.2 Å². The molecule has 0 aliphatic carbocycles. The summed E-state index contributed by atoms with van der Waals surface area (Å²) in [5.41, 5.74) is 8.64. The molecule has 170 valence electrons. The molecule has 3 aromatic rings. The van der Waals surface area contributed by atoms with Crippen LogP contribution in [-0.4, -0.2) is 42.3 Å². The third-order valence-corrected chi connectivity index (χ3v) is 5.90. The topological polar surface area (TPSA) is 109 Å². The lowest BCUT2D eigenvalue weighted by atomic mass is 9.93. The Kier molecular flexibility index (Phi) is 6.55. The van der Waals surface area contributed by atoms with Crippen molar-refractivity contribution in [2.75, 3.05) is 18.5 Å². The first kappa shape index (κ1) is 22.3. The number of fused-ring (bicyclic) bond motifs is 1. The third kappa shape index (κ3) is 4.96. The van der Waals surface area contributed by atoms with Gasteiger partial charge in [-0.1, -0.05) is 36.4 Å². The molecule has 0 radical (unpaired) electrons. The van der Waals surface area contributed by atoms with Gasteiger partial charge in [0, 0.05) is 13.6 Å². The van der Waals surface area contributed by atoms with Crippen molar-refractivity contribution in [2.45, 2.75) is 25.6 Å². The van der Waals surface area contributed by atoms with E-state index in [0.29, 0.717) is 30.0 Å². The fourth-order valence-electron chi connectivity index (χ4n) is 4.07. The highest BCUT2D eigenvalue weighted by Crippen LogP contribution is 2.24. The Hall–Kier alpha value is -3.91. The summed E-state index contributed by atoms with van der Waals surface area (Å²) >= 11 is 0. The van der Waals surface area contributed by atoms with Gasteiger partial charge in [-0.15, -0.1) is 0 Å². The van der Waals surface area contributed by atoms with Gasteiger partial charge in [-0.3, -0.25) is 19.3 Å². The number of likely N-dealkylation sites (N-methyl/N-ethyl adjacent to an activating group) is 1. The number of benzene rings is 2. The van der Waals surface area contributed by atoms with Gasteiger partial charge in [0.2, 0.25) is 11.8 Å². The molecule has 1 unspecified atom stereocenters. The van der Waals surface area contributed by atoms with Crippen molar-refractivity contribution in [3.63, 3.8) is 0 Å². The van der Waals surface area contributed by atoms with Crippen LogP contribution in [0.25, 0.3) is 0 Å². The standard InChI is InChI=1S/C25H26N4O4/c1-28(21-11-5-4-10-20(21)25(32)27-14-19-9-6-12-33-19)23(30)16-29-15-18-8-3-2-7-17(18)13-22(29)24(26)31/h2-12,22H,13-16H2,1H3,(H2,26,31)(H,27,32). The summed E-state index contributed by atoms with van der Waals surface area (Å²) < 4.78 is 5.25. The summed E-state index contributed by atoms with van der Waals surface area (Å²) in [5.74, 6) is -0.388. The largest absolute Gasteiger partial charge is 0.467 e. The van der Waals surface area contributed by atoms with Gasteiger partial charge in [0.1, 0.15) is 5.76 Å². The summed E-state index contributed by atoms with van der Waals surface area (Å²) in [5, 5.41) is 2.81. The molecule has 0 saturated heterocycles. The molecule has 3 N–H and O–H groups in total. The van der Waals surface area contributed by atoms with Crippen LogP contribution >= 0.6 is 0 Å². The van der Waals surface area contributed by atoms with Crippen LogP contribution in [0.4, 0.5) is 5.69 Å². The Balaban J connectivity index is 1.49. The second-order valence-corrected chi connectivity index (χ2v) is 8.03. The van der Waals surface area contributed by atoms with Crippen molar-refractivity contribution in [1.82, 2.24) is 10.2 Å². The number of nitrogens with two attached hydrogens (primary N) is 1. The molecule has 2 aromatic carbocycles. The summed E-state index contributed by atoms with van der Waals surface area (Å²) in [6.07, 6.45) is 2.01. The van der Waals surface area contributed by atoms with E-state index in [9.17, 15) is 14.4 Å². The lowest BCUT2D eigenvalue weighted by Gasteiger charge is -2.35. The highest BCUT2D eigenvalue weighted by molar-refractivity contribution is 6.05. The predicted molar refractivity (Wildman–Crippen MR) is 123 cm³/mol. The van der Waals surface area contributed by atoms with Crippen LogP contribution in [0.15, 0.2) is 71.3 Å². The van der Waals surface area contributed by atoms with E-state index in [-0.39, 0.29) is 24.9 Å². The zero-order valence-electron chi connectivity index (χ0n) is 18.4. The molecule has 0 saturated carbocycles. The summed E-state index contributed by atoms with van der Waals surface area (Å²) in [7, 11) is 1.62. The van der Waals surface area contributed by atoms with Gasteiger partial charge in [-0.2, -0.15) is 0 Å². The summed E-state index contributed by atoms with van der Waals surface area (Å²) in [6, 6.07) is 17.7. The Morgan fingerprint density at radius 2 is 1.79 bits per heavy atom. The summed E-state index contributed by atoms with van der Waals surface area (Å²) in [6.45, 7) is 0.695. The molecule has 33 heavy (non-hydrogen) atoms. The maximum atomic E-state index is 13.2. The quantitative estimate of drug-likeness (QED) is 0.578. The number of nitrogens with zero attached hydrogens (tertiary/aromatic N) is 2. The lowest BCUT2D eigenvalue weighted by molar-refractivity contribution is -0.126. The minimum absolute atomic E-state index is 0.000783. The predicted octanol–water partition coefficient (Wildman–Crippen LogP) is 2.08. The molecule has 3 amide bonds. The van der Waals surface area contributed by atoms with Crippen LogP contribution in [0.5, 0.6) is 0 Å². The van der Waals surface area contributed by atoms with Gasteiger partial charge in [0.15, 0.2) is 0 Å². The minimum atomic E-state index is -0.566. The Bertz CT molecular complexity index is 1160. The first-order valence-electron chi connectivity index (χ1n) is 10.7. The smallest absolute Gasteiger partial charge is 0.253 e. The van der Waals surface area contributed by atoms with Gasteiger partial charge in [0.25, 0.3) is 5.91 Å². The number of carbonyl (C=O) groups excluding carboxylic acids is 3. The van der Waals surface area contributed by atoms with Crippen molar-refractivity contribution >= 4 is 23.4 Å². The number of amides is 3. The van der Waals surface area contributed by atoms with Crippen LogP contribution in [0.3, 0.4) is 0 Å². The van der Waals surface area contributed by atoms with Gasteiger partial charge in [0.05, 0.1) is 36.6 Å². The summed E-state index contributed by atoms with van der Waals surface area (Å²) in [4.78, 5) is 41.3. The molecule has 1 aliphatic rings. The van der Waals surface area contributed by atoms with Crippen molar-refractivity contribution < 1.29 is 18.8 Å². The molecular weight excluding hydrogens is 420 g/mol. The number of furan rings is 1. The first-order chi connectivity index (χ1) is 15.9. The molecule has 1 aromatic heterocycles. The first-order valence-corrected chi connectivity index (χ1v) is 10.7. The van der Waals surface area contributed by atoms with E-state index in [1.165, 1.54) is 4.90 Å². The number of para-hydroxylation sites is 1. The van der Waals surface area contributed by atoms with Gasteiger partial charge in [-0.25, -0.2) is 0 Å². The van der Waals surface area contributed by atoms with E-state index in [2.05, 4.69) is 5.32 Å². The normalized spacial score (nSPS) is 15.5. The average Bonchev–Trinajstić information content (AvgIpc) is 3.35. The number of hydrogen-bond donors (Lipinski definition) is 2. The Labute approximate surface area is 192 Å². The molecule has 8 heteroatoms. The Morgan fingerprint density at radius 3 is 2.52 bits per heavy atom. The van der Waals surface area contributed by atoms with Crippen LogP contribution in [0.2, 0.25) is 0 Å². The lowest BCUT2D eigenvalue weighted by Crippen LogP contribution is -2.52. The van der Waals surface area contributed by atoms with Crippen molar-refractivity contribution in [3.8, 4) is 0 Å². The highest BCUT2D eigenvalue weighted by atomic mass is 16.3. The van der Waals surface area contributed by atoms with E-state index in [1.54, 1.807) is 54.6 Å². The number of primary amides is 1. The average molecular weight is 447 g/mol. The van der Waals surface area contributed by atoms with E-state index in [4.69, 9.17) is 10.2 Å². The molecule has 0 bridgehead atoms. The number of nitrogens with one attached hydrogen (secondary N) is 1. The molecule has 0 fully saturated rings. The van der Waals surface area contributed by atoms with Crippen molar-refractivity contribution in [3.05, 3.63) is 89.4 Å². The maximum absolute atomic E-state index is 13.2. The molecule has 2 heterocycles. The van der Waals surface area contributed by atoms with Crippen LogP contribution < -0.4 is 16.0 Å². The molecule has 4 rings (SSSR count). The van der Waals surface area contributed by atoms with Gasteiger partial charge in [-0.05, 0) is 41.8 Å². The minimum Gasteiger partial charge on any atom is -0.467 e. The highest BCUT2D eigenvalue weighted by Gasteiger charge is 2.32. The van der Waals surface area contributed by atoms with Crippen molar-refractivity contribution in [2.24, 2.45) is 5.73 Å². The molecule has 8 nitrogen and oxygen atoms in total. The second kappa shape index (κ2) is 9.70. The van der Waals surface area contributed by atoms with E-state index in [1.807, 2.05) is 24.3 Å². The second-order valence-electron chi connectivity index (χ2n) is 8.03. The van der Waals surface area contributed by atoms with Crippen molar-refractivity contribution in [1.29, 1.82) is 0 Å². The fraction of sp³-hybridized carbons (Fsp3) is 0.240. The monoisotopic (exact) mass is 446 g/mol. The van der Waals surface area contributed by atoms with E-state index >= 15 is 0 Å². The number of anilines is 1. The number of hydrogen-bond acceptors (Lipinski definition) is 5. The number of rotatable bonds is 7. The third-order valence-electron chi connectivity index (χ3n) is 5.90. The van der Waals surface area contributed by atoms with E-state index < -0.39 is 11.9 Å². The van der Waals surface area contributed by atoms with Gasteiger partial charge >= 0.3 is 0 Å². The molecule has 0 spiro atoms. The van der Waals surface area contributed by atoms with Crippen LogP contribution in [0, 0.1) is 0 Å².